The van der Waals surface area contributed by atoms with Gasteiger partial charge < -0.3 is 0 Å². The molecule has 0 nitrogen and oxygen atoms in total. The molecule has 0 aliphatic rings. The summed E-state index contributed by atoms with van der Waals surface area (Å²) >= 11 is 7.32. The third-order valence-corrected chi connectivity index (χ3v) is 9.33. The second-order valence-corrected chi connectivity index (χ2v) is 11.2. The first kappa shape index (κ1) is 17.2. The molecule has 0 radical (unpaired) electrons. The quantitative estimate of drug-likeness (QED) is 0.228. The molecule has 0 spiro atoms. The van der Waals surface area contributed by atoms with Gasteiger partial charge in [0.1, 0.15) is 0 Å². The van der Waals surface area contributed by atoms with Crippen molar-refractivity contribution in [3.8, 4) is 20.9 Å². The zero-order valence-electron chi connectivity index (χ0n) is 15.7. The molecule has 0 aliphatic carbocycles. The van der Waals surface area contributed by atoms with E-state index in [9.17, 15) is 0 Å². The molecule has 7 rings (SSSR count). The van der Waals surface area contributed by atoms with E-state index in [2.05, 4.69) is 82.2 Å². The molecule has 0 unspecified atom stereocenters. The van der Waals surface area contributed by atoms with E-state index in [1.54, 1.807) is 0 Å². The maximum atomic E-state index is 2.42. The summed E-state index contributed by atoms with van der Waals surface area (Å²) in [6, 6.07) is 23.0. The average Bonchev–Trinajstić information content (AvgIpc) is 3.55. The van der Waals surface area contributed by atoms with Gasteiger partial charge in [-0.2, -0.15) is 0 Å². The zero-order valence-corrected chi connectivity index (χ0v) is 19.0. The van der Waals surface area contributed by atoms with Crippen LogP contribution in [0, 0.1) is 0 Å². The normalized spacial score (nSPS) is 12.0. The predicted octanol–water partition coefficient (Wildman–Crippen LogP) is 9.88. The number of thiophene rings is 4. The second-order valence-electron chi connectivity index (χ2n) is 7.42. The van der Waals surface area contributed by atoms with E-state index in [4.69, 9.17) is 0 Å². The molecule has 0 atom stereocenters. The van der Waals surface area contributed by atoms with Crippen LogP contribution in [0.15, 0.2) is 82.2 Å². The maximum Gasteiger partial charge on any atom is 0.0355 e. The summed E-state index contributed by atoms with van der Waals surface area (Å²) in [6.45, 7) is 0. The molecule has 0 saturated heterocycles. The van der Waals surface area contributed by atoms with Crippen molar-refractivity contribution in [3.63, 3.8) is 0 Å². The van der Waals surface area contributed by atoms with Gasteiger partial charge in [0.2, 0.25) is 0 Å². The van der Waals surface area contributed by atoms with Crippen LogP contribution in [-0.2, 0) is 0 Å². The van der Waals surface area contributed by atoms with Crippen molar-refractivity contribution < 1.29 is 0 Å². The first-order valence-corrected chi connectivity index (χ1v) is 13.2. The van der Waals surface area contributed by atoms with Crippen LogP contribution in [0.2, 0.25) is 0 Å². The minimum Gasteiger partial charge on any atom is -0.144 e. The molecule has 0 aliphatic heterocycles. The molecule has 0 saturated carbocycles. The van der Waals surface area contributed by atoms with Gasteiger partial charge in [0, 0.05) is 30.3 Å². The highest BCUT2D eigenvalue weighted by Gasteiger charge is 2.19. The Bertz CT molecular complexity index is 1460. The second kappa shape index (κ2) is 6.50. The topological polar surface area (TPSA) is 0 Å². The van der Waals surface area contributed by atoms with Crippen LogP contribution in [-0.4, -0.2) is 0 Å². The fraction of sp³-hybridized carbons (Fsp3) is 0. The minimum absolute atomic E-state index is 1.33. The van der Waals surface area contributed by atoms with Crippen LogP contribution in [0.4, 0.5) is 0 Å². The first-order chi connectivity index (χ1) is 14.9. The Hall–Kier alpha value is -2.50. The Balaban J connectivity index is 1.81. The standard InChI is InChI=1S/C26H14S4/c1-3-21(27-7-1)25-17-11-15-5-9-30-24(15)14-20(17)26(22-4-2-8-28-22)18-12-16-6-10-29-23(16)13-19(18)25/h1-14H. The smallest absolute Gasteiger partial charge is 0.0355 e. The third-order valence-electron chi connectivity index (χ3n) is 5.80. The fourth-order valence-electron chi connectivity index (χ4n) is 4.51. The van der Waals surface area contributed by atoms with Gasteiger partial charge in [-0.1, -0.05) is 12.1 Å². The van der Waals surface area contributed by atoms with Crippen LogP contribution >= 0.6 is 45.3 Å². The molecular weight excluding hydrogens is 441 g/mol. The Morgan fingerprint density at radius 1 is 0.433 bits per heavy atom. The number of fused-ring (bicyclic) bond motifs is 4. The van der Waals surface area contributed by atoms with Crippen molar-refractivity contribution in [2.24, 2.45) is 0 Å². The van der Waals surface area contributed by atoms with Gasteiger partial charge >= 0.3 is 0 Å². The summed E-state index contributed by atoms with van der Waals surface area (Å²) in [6.07, 6.45) is 0. The molecule has 7 aromatic rings. The lowest BCUT2D eigenvalue weighted by atomic mass is 9.89. The van der Waals surface area contributed by atoms with Crippen molar-refractivity contribution in [2.45, 2.75) is 0 Å². The summed E-state index contributed by atoms with van der Waals surface area (Å²) in [7, 11) is 0. The average molecular weight is 455 g/mol. The lowest BCUT2D eigenvalue weighted by Crippen LogP contribution is -1.88. The van der Waals surface area contributed by atoms with Crippen molar-refractivity contribution in [1.29, 1.82) is 0 Å². The molecule has 0 amide bonds. The highest BCUT2D eigenvalue weighted by Crippen LogP contribution is 2.48. The Labute approximate surface area is 189 Å². The summed E-state index contributed by atoms with van der Waals surface area (Å²) < 4.78 is 2.71. The van der Waals surface area contributed by atoms with E-state index < -0.39 is 0 Å². The molecule has 0 bridgehead atoms. The van der Waals surface area contributed by atoms with Crippen molar-refractivity contribution in [1.82, 2.24) is 0 Å². The van der Waals surface area contributed by atoms with Crippen LogP contribution in [0.3, 0.4) is 0 Å². The molecule has 4 heterocycles. The number of hydrogen-bond acceptors (Lipinski definition) is 4. The number of hydrogen-bond donors (Lipinski definition) is 0. The van der Waals surface area contributed by atoms with Crippen molar-refractivity contribution >= 4 is 87.1 Å². The van der Waals surface area contributed by atoms with Gasteiger partial charge in [0.25, 0.3) is 0 Å². The minimum atomic E-state index is 1.33. The Kier molecular flexibility index (Phi) is 3.73. The van der Waals surface area contributed by atoms with Gasteiger partial charge in [0.05, 0.1) is 0 Å². The lowest BCUT2D eigenvalue weighted by molar-refractivity contribution is 1.83. The van der Waals surface area contributed by atoms with Crippen molar-refractivity contribution in [3.05, 3.63) is 82.2 Å². The van der Waals surface area contributed by atoms with Gasteiger partial charge in [-0.25, -0.2) is 0 Å². The van der Waals surface area contributed by atoms with E-state index >= 15 is 0 Å². The van der Waals surface area contributed by atoms with E-state index in [-0.39, 0.29) is 0 Å². The number of rotatable bonds is 2. The fourth-order valence-corrected chi connectivity index (χ4v) is 7.73. The van der Waals surface area contributed by atoms with Gasteiger partial charge in [-0.15, -0.1) is 45.3 Å². The molecule has 142 valence electrons. The largest absolute Gasteiger partial charge is 0.144 e. The van der Waals surface area contributed by atoms with E-state index in [0.717, 1.165) is 0 Å². The van der Waals surface area contributed by atoms with Crippen molar-refractivity contribution in [2.75, 3.05) is 0 Å². The Morgan fingerprint density at radius 2 is 0.900 bits per heavy atom. The highest BCUT2D eigenvalue weighted by atomic mass is 32.1. The molecule has 4 heteroatoms. The van der Waals surface area contributed by atoms with Gasteiger partial charge in [0.15, 0.2) is 0 Å². The first-order valence-electron chi connectivity index (χ1n) is 9.72. The molecule has 30 heavy (non-hydrogen) atoms. The molecular formula is C26H14S4. The summed E-state index contributed by atoms with van der Waals surface area (Å²) in [5.41, 5.74) is 2.75. The summed E-state index contributed by atoms with van der Waals surface area (Å²) in [4.78, 5) is 2.68. The van der Waals surface area contributed by atoms with E-state index in [0.29, 0.717) is 0 Å². The summed E-state index contributed by atoms with van der Waals surface area (Å²) in [5.74, 6) is 0. The van der Waals surface area contributed by atoms with Crippen LogP contribution in [0.5, 0.6) is 0 Å². The van der Waals surface area contributed by atoms with Gasteiger partial charge in [-0.05, 0) is 102 Å². The monoisotopic (exact) mass is 454 g/mol. The lowest BCUT2D eigenvalue weighted by Gasteiger charge is -2.16. The van der Waals surface area contributed by atoms with Gasteiger partial charge in [-0.3, -0.25) is 0 Å². The number of benzene rings is 3. The maximum absolute atomic E-state index is 2.42. The van der Waals surface area contributed by atoms with Crippen LogP contribution in [0.25, 0.3) is 62.6 Å². The van der Waals surface area contributed by atoms with E-state index in [1.165, 1.54) is 62.6 Å². The summed E-state index contributed by atoms with van der Waals surface area (Å²) in [5, 5.41) is 16.9. The molecule has 0 fully saturated rings. The molecule has 0 N–H and O–H groups in total. The van der Waals surface area contributed by atoms with E-state index in [1.807, 2.05) is 45.3 Å². The predicted molar refractivity (Wildman–Crippen MR) is 139 cm³/mol. The highest BCUT2D eigenvalue weighted by molar-refractivity contribution is 7.17. The third kappa shape index (κ3) is 2.42. The zero-order chi connectivity index (χ0) is 19.7. The molecule has 3 aromatic carbocycles. The van der Waals surface area contributed by atoms with Crippen LogP contribution < -0.4 is 0 Å². The Morgan fingerprint density at radius 3 is 1.33 bits per heavy atom. The SMILES string of the molecule is c1csc(-c2c3cc4ccsc4cc3c(-c3cccs3)c3cc4ccsc4cc23)c1. The molecule has 4 aromatic heterocycles. The van der Waals surface area contributed by atoms with Crippen LogP contribution in [0.1, 0.15) is 0 Å².